The minimum absolute atomic E-state index is 0.0456. The van der Waals surface area contributed by atoms with Crippen molar-refractivity contribution in [2.75, 3.05) is 18.4 Å². The average molecular weight is 264 g/mol. The van der Waals surface area contributed by atoms with Gasteiger partial charge in [-0.3, -0.25) is 4.79 Å². The number of amides is 1. The number of alkyl halides is 1. The van der Waals surface area contributed by atoms with Gasteiger partial charge in [0.05, 0.1) is 0 Å². The Labute approximate surface area is 89.2 Å². The minimum Gasteiger partial charge on any atom is -0.337 e. The summed E-state index contributed by atoms with van der Waals surface area (Å²) in [5, 5.41) is 6.18. The fourth-order valence-electron chi connectivity index (χ4n) is 0.925. The lowest BCUT2D eigenvalue weighted by molar-refractivity contribution is 0.0769. The van der Waals surface area contributed by atoms with Crippen LogP contribution in [0, 0.1) is 0 Å². The monoisotopic (exact) mass is 263 g/mol. The maximum absolute atomic E-state index is 11.6. The van der Waals surface area contributed by atoms with Crippen molar-refractivity contribution in [1.29, 1.82) is 0 Å². The van der Waals surface area contributed by atoms with Gasteiger partial charge in [0.25, 0.3) is 5.91 Å². The molecule has 1 aromatic rings. The number of aromatic nitrogens is 2. The quantitative estimate of drug-likeness (QED) is 0.772. The summed E-state index contributed by atoms with van der Waals surface area (Å²) < 4.78 is 3.65. The molecule has 1 heterocycles. The van der Waals surface area contributed by atoms with Crippen LogP contribution in [0.1, 0.15) is 17.4 Å². The summed E-state index contributed by atoms with van der Waals surface area (Å²) in [6, 6.07) is 0. The lowest BCUT2D eigenvalue weighted by Crippen LogP contribution is -2.32. The molecule has 0 saturated carbocycles. The molecule has 13 heavy (non-hydrogen) atoms. The first-order valence-electron chi connectivity index (χ1n) is 3.92. The summed E-state index contributed by atoms with van der Waals surface area (Å²) in [5.74, 6) is -0.0456. The molecular weight excluding hydrogens is 254 g/mol. The second kappa shape index (κ2) is 5.29. The van der Waals surface area contributed by atoms with Crippen LogP contribution < -0.4 is 0 Å². The van der Waals surface area contributed by atoms with Crippen LogP contribution in [0.5, 0.6) is 0 Å². The maximum Gasteiger partial charge on any atom is 0.275 e. The predicted molar refractivity (Wildman–Crippen MR) is 55.3 cm³/mol. The van der Waals surface area contributed by atoms with E-state index in [1.807, 2.05) is 6.92 Å². The SMILES string of the molecule is CCN(CCBr)C(=O)c1csnn1. The van der Waals surface area contributed by atoms with Crippen molar-refractivity contribution >= 4 is 33.4 Å². The van der Waals surface area contributed by atoms with Crippen molar-refractivity contribution in [2.45, 2.75) is 6.92 Å². The zero-order valence-electron chi connectivity index (χ0n) is 7.23. The highest BCUT2D eigenvalue weighted by Crippen LogP contribution is 2.03. The highest BCUT2D eigenvalue weighted by Gasteiger charge is 2.15. The van der Waals surface area contributed by atoms with Crippen LogP contribution in [0.4, 0.5) is 0 Å². The van der Waals surface area contributed by atoms with Gasteiger partial charge >= 0.3 is 0 Å². The summed E-state index contributed by atoms with van der Waals surface area (Å²) in [6.07, 6.45) is 0. The van der Waals surface area contributed by atoms with Crippen LogP contribution in [-0.4, -0.2) is 38.8 Å². The number of nitrogens with zero attached hydrogens (tertiary/aromatic N) is 3. The van der Waals surface area contributed by atoms with E-state index in [4.69, 9.17) is 0 Å². The summed E-state index contributed by atoms with van der Waals surface area (Å²) in [7, 11) is 0. The molecule has 0 spiro atoms. The largest absolute Gasteiger partial charge is 0.337 e. The fraction of sp³-hybridized carbons (Fsp3) is 0.571. The molecule has 0 radical (unpaired) electrons. The average Bonchev–Trinajstić information content (AvgIpc) is 2.65. The van der Waals surface area contributed by atoms with Gasteiger partial charge in [0.2, 0.25) is 0 Å². The van der Waals surface area contributed by atoms with Gasteiger partial charge in [-0.1, -0.05) is 20.4 Å². The van der Waals surface area contributed by atoms with Crippen LogP contribution in [0.15, 0.2) is 5.38 Å². The lowest BCUT2D eigenvalue weighted by atomic mass is 10.4. The second-order valence-corrected chi connectivity index (χ2v) is 3.77. The molecule has 0 aromatic carbocycles. The van der Waals surface area contributed by atoms with Crippen LogP contribution in [0.25, 0.3) is 0 Å². The first-order valence-corrected chi connectivity index (χ1v) is 5.87. The van der Waals surface area contributed by atoms with Crippen LogP contribution in [0.2, 0.25) is 0 Å². The molecule has 0 bridgehead atoms. The molecule has 0 aliphatic heterocycles. The molecule has 72 valence electrons. The first-order chi connectivity index (χ1) is 6.29. The fourth-order valence-corrected chi connectivity index (χ4v) is 1.78. The summed E-state index contributed by atoms with van der Waals surface area (Å²) in [4.78, 5) is 13.4. The zero-order valence-corrected chi connectivity index (χ0v) is 9.64. The molecular formula is C7H10BrN3OS. The van der Waals surface area contributed by atoms with Crippen molar-refractivity contribution in [3.63, 3.8) is 0 Å². The van der Waals surface area contributed by atoms with Crippen LogP contribution in [-0.2, 0) is 0 Å². The number of carbonyl (C=O) groups excluding carboxylic acids is 1. The number of hydrogen-bond acceptors (Lipinski definition) is 4. The van der Waals surface area contributed by atoms with Crippen molar-refractivity contribution in [3.05, 3.63) is 11.1 Å². The highest BCUT2D eigenvalue weighted by atomic mass is 79.9. The number of rotatable bonds is 4. The van der Waals surface area contributed by atoms with Crippen molar-refractivity contribution in [2.24, 2.45) is 0 Å². The van der Waals surface area contributed by atoms with E-state index in [1.165, 1.54) is 11.5 Å². The summed E-state index contributed by atoms with van der Waals surface area (Å²) in [6.45, 7) is 3.34. The molecule has 1 amide bonds. The molecule has 6 heteroatoms. The van der Waals surface area contributed by atoms with Gasteiger partial charge in [0.15, 0.2) is 5.69 Å². The molecule has 0 atom stereocenters. The van der Waals surface area contributed by atoms with Gasteiger partial charge in [-0.05, 0) is 18.5 Å². The van der Waals surface area contributed by atoms with Crippen molar-refractivity contribution in [3.8, 4) is 0 Å². The summed E-state index contributed by atoms with van der Waals surface area (Å²) in [5.41, 5.74) is 0.438. The molecule has 0 saturated heterocycles. The van der Waals surface area contributed by atoms with E-state index in [2.05, 4.69) is 25.5 Å². The second-order valence-electron chi connectivity index (χ2n) is 2.36. The maximum atomic E-state index is 11.6. The van der Waals surface area contributed by atoms with E-state index < -0.39 is 0 Å². The van der Waals surface area contributed by atoms with Gasteiger partial charge < -0.3 is 4.90 Å². The Morgan fingerprint density at radius 3 is 3.00 bits per heavy atom. The molecule has 1 aromatic heterocycles. The van der Waals surface area contributed by atoms with Gasteiger partial charge in [0.1, 0.15) is 0 Å². The molecule has 0 aliphatic carbocycles. The Balaban J connectivity index is 2.65. The van der Waals surface area contributed by atoms with E-state index >= 15 is 0 Å². The molecule has 0 unspecified atom stereocenters. The molecule has 0 fully saturated rings. The van der Waals surface area contributed by atoms with Crippen LogP contribution in [0.3, 0.4) is 0 Å². The predicted octanol–water partition coefficient (Wildman–Crippen LogP) is 1.40. The molecule has 1 rings (SSSR count). The third kappa shape index (κ3) is 2.73. The Kier molecular flexibility index (Phi) is 4.31. The molecule has 0 N–H and O–H groups in total. The van der Waals surface area contributed by atoms with E-state index in [0.29, 0.717) is 18.8 Å². The lowest BCUT2D eigenvalue weighted by Gasteiger charge is -2.17. The van der Waals surface area contributed by atoms with E-state index in [-0.39, 0.29) is 5.91 Å². The minimum atomic E-state index is -0.0456. The van der Waals surface area contributed by atoms with Crippen molar-refractivity contribution < 1.29 is 4.79 Å². The topological polar surface area (TPSA) is 46.1 Å². The zero-order chi connectivity index (χ0) is 9.68. The first kappa shape index (κ1) is 10.6. The van der Waals surface area contributed by atoms with Crippen LogP contribution >= 0.6 is 27.5 Å². The van der Waals surface area contributed by atoms with Crippen molar-refractivity contribution in [1.82, 2.24) is 14.5 Å². The Hall–Kier alpha value is -0.490. The Morgan fingerprint density at radius 1 is 1.77 bits per heavy atom. The van der Waals surface area contributed by atoms with Gasteiger partial charge in [-0.15, -0.1) is 5.10 Å². The standard InChI is InChI=1S/C7H10BrN3OS/c1-2-11(4-3-8)7(12)6-5-13-10-9-6/h5H,2-4H2,1H3. The number of halogens is 1. The smallest absolute Gasteiger partial charge is 0.275 e. The van der Waals surface area contributed by atoms with Gasteiger partial charge in [0, 0.05) is 23.8 Å². The number of hydrogen-bond donors (Lipinski definition) is 0. The normalized spacial score (nSPS) is 10.0. The molecule has 4 nitrogen and oxygen atoms in total. The van der Waals surface area contributed by atoms with E-state index in [9.17, 15) is 4.79 Å². The third-order valence-corrected chi connectivity index (χ3v) is 2.46. The van der Waals surface area contributed by atoms with Gasteiger partial charge in [-0.2, -0.15) is 0 Å². The van der Waals surface area contributed by atoms with E-state index in [1.54, 1.807) is 10.3 Å². The third-order valence-electron chi connectivity index (χ3n) is 1.60. The van der Waals surface area contributed by atoms with Gasteiger partial charge in [-0.25, -0.2) is 0 Å². The molecule has 0 aliphatic rings. The van der Waals surface area contributed by atoms with E-state index in [0.717, 1.165) is 5.33 Å². The summed E-state index contributed by atoms with van der Waals surface area (Å²) >= 11 is 4.49. The Bertz CT molecular complexity index is 265. The number of carbonyl (C=O) groups is 1. The Morgan fingerprint density at radius 2 is 2.54 bits per heavy atom. The highest BCUT2D eigenvalue weighted by molar-refractivity contribution is 9.09.